The Labute approximate surface area is 178 Å². The number of nitrogens with one attached hydrogen (secondary N) is 1. The first-order valence-corrected chi connectivity index (χ1v) is 11.1. The van der Waals surface area contributed by atoms with E-state index in [-0.39, 0.29) is 12.0 Å². The zero-order valence-electron chi connectivity index (χ0n) is 18.3. The van der Waals surface area contributed by atoms with Gasteiger partial charge in [-0.25, -0.2) is 9.98 Å². The number of hydrogen-bond acceptors (Lipinski definition) is 6. The van der Waals surface area contributed by atoms with Gasteiger partial charge in [0.15, 0.2) is 0 Å². The third-order valence-electron chi connectivity index (χ3n) is 6.31. The molecule has 2 unspecified atom stereocenters. The molecule has 3 N–H and O–H groups in total. The molecule has 2 aromatic rings. The standard InChI is InChI=1S/C23H33N7/c1-4-16(2)7-6-11-30(12-9-24)23-21-17(14-27-29(21)3)13-20(28-23)19-15-26-22-18(19)8-5-10-25-22/h5,8,10,13-17,21H,4,6-7,9,11-12,24H2,1-3H3,(H,25,26)/t16-,17?,21?/m1/s1. The fourth-order valence-corrected chi connectivity index (χ4v) is 4.37. The van der Waals surface area contributed by atoms with E-state index >= 15 is 0 Å². The predicted molar refractivity (Wildman–Crippen MR) is 124 cm³/mol. The lowest BCUT2D eigenvalue weighted by molar-refractivity contribution is 0.286. The van der Waals surface area contributed by atoms with Gasteiger partial charge in [0.05, 0.1) is 5.70 Å². The van der Waals surface area contributed by atoms with Crippen molar-refractivity contribution in [1.82, 2.24) is 19.9 Å². The van der Waals surface area contributed by atoms with Crippen LogP contribution in [0.4, 0.5) is 0 Å². The van der Waals surface area contributed by atoms with Crippen molar-refractivity contribution in [2.45, 2.75) is 39.2 Å². The van der Waals surface area contributed by atoms with Crippen molar-refractivity contribution in [3.8, 4) is 0 Å². The lowest BCUT2D eigenvalue weighted by atomic mass is 9.94. The lowest BCUT2D eigenvalue weighted by Crippen LogP contribution is -2.50. The van der Waals surface area contributed by atoms with Gasteiger partial charge in [-0.2, -0.15) is 5.10 Å². The van der Waals surface area contributed by atoms with Crippen LogP contribution in [0.15, 0.2) is 40.7 Å². The summed E-state index contributed by atoms with van der Waals surface area (Å²) in [5.41, 5.74) is 8.96. The van der Waals surface area contributed by atoms with Crippen LogP contribution >= 0.6 is 0 Å². The largest absolute Gasteiger partial charge is 0.357 e. The molecule has 0 aromatic carbocycles. The lowest BCUT2D eigenvalue weighted by Gasteiger charge is -2.36. The SMILES string of the molecule is CC[C@@H](C)CCCN(CCN)C1=NC(c2c[nH]c3ncccc23)=CC2C=NN(C)C12. The Morgan fingerprint density at radius 1 is 1.33 bits per heavy atom. The second-order valence-corrected chi connectivity index (χ2v) is 8.42. The van der Waals surface area contributed by atoms with E-state index in [9.17, 15) is 0 Å². The van der Waals surface area contributed by atoms with Crippen LogP contribution in [-0.4, -0.2) is 64.7 Å². The number of H-pyrrole nitrogens is 1. The van der Waals surface area contributed by atoms with E-state index in [0.29, 0.717) is 6.54 Å². The minimum absolute atomic E-state index is 0.132. The summed E-state index contributed by atoms with van der Waals surface area (Å²) in [6.45, 7) is 6.97. The molecular weight excluding hydrogens is 374 g/mol. The number of nitrogens with two attached hydrogens (primary N) is 1. The van der Waals surface area contributed by atoms with Gasteiger partial charge in [0.2, 0.25) is 0 Å². The van der Waals surface area contributed by atoms with E-state index in [0.717, 1.165) is 53.6 Å². The molecule has 0 fully saturated rings. The number of amidine groups is 1. The molecule has 0 spiro atoms. The van der Waals surface area contributed by atoms with Crippen molar-refractivity contribution < 1.29 is 0 Å². The Bertz CT molecular complexity index is 957. The maximum absolute atomic E-state index is 6.00. The molecule has 0 amide bonds. The van der Waals surface area contributed by atoms with E-state index < -0.39 is 0 Å². The number of hydrazone groups is 1. The quantitative estimate of drug-likeness (QED) is 0.703. The first kappa shape index (κ1) is 20.6. The Morgan fingerprint density at radius 3 is 3.00 bits per heavy atom. The highest BCUT2D eigenvalue weighted by Gasteiger charge is 2.38. The number of likely N-dealkylation sites (N-methyl/N-ethyl adjacent to an activating group) is 1. The summed E-state index contributed by atoms with van der Waals surface area (Å²) in [7, 11) is 2.03. The molecule has 0 aliphatic carbocycles. The number of fused-ring (bicyclic) bond motifs is 2. The molecule has 4 heterocycles. The van der Waals surface area contributed by atoms with E-state index in [1.165, 1.54) is 12.8 Å². The number of aromatic amines is 1. The summed E-state index contributed by atoms with van der Waals surface area (Å²) in [5, 5.41) is 7.70. The summed E-state index contributed by atoms with van der Waals surface area (Å²) in [4.78, 5) is 15.3. The van der Waals surface area contributed by atoms with Crippen LogP contribution in [0.1, 0.15) is 38.7 Å². The second kappa shape index (κ2) is 9.00. The first-order chi connectivity index (χ1) is 14.6. The highest BCUT2D eigenvalue weighted by molar-refractivity contribution is 6.01. The van der Waals surface area contributed by atoms with Gasteiger partial charge < -0.3 is 15.6 Å². The number of hydrogen-bond donors (Lipinski definition) is 2. The molecule has 2 aliphatic heterocycles. The highest BCUT2D eigenvalue weighted by atomic mass is 15.5. The van der Waals surface area contributed by atoms with E-state index in [1.54, 1.807) is 0 Å². The molecule has 7 nitrogen and oxygen atoms in total. The average molecular weight is 408 g/mol. The van der Waals surface area contributed by atoms with E-state index in [2.05, 4.69) is 46.0 Å². The van der Waals surface area contributed by atoms with Crippen molar-refractivity contribution in [2.24, 2.45) is 27.7 Å². The van der Waals surface area contributed by atoms with Gasteiger partial charge in [-0.3, -0.25) is 5.01 Å². The average Bonchev–Trinajstić information content (AvgIpc) is 3.36. The molecule has 0 saturated carbocycles. The van der Waals surface area contributed by atoms with Crippen LogP contribution in [0.5, 0.6) is 0 Å². The predicted octanol–water partition coefficient (Wildman–Crippen LogP) is 3.32. The van der Waals surface area contributed by atoms with Gasteiger partial charge in [-0.15, -0.1) is 0 Å². The molecule has 2 aliphatic rings. The van der Waals surface area contributed by atoms with Crippen LogP contribution in [0.3, 0.4) is 0 Å². The summed E-state index contributed by atoms with van der Waals surface area (Å²) < 4.78 is 0. The Kier molecular flexibility index (Phi) is 6.18. The number of nitrogens with zero attached hydrogens (tertiary/aromatic N) is 5. The van der Waals surface area contributed by atoms with Crippen LogP contribution in [-0.2, 0) is 0 Å². The molecule has 3 atom stereocenters. The minimum atomic E-state index is 0.132. The molecular formula is C23H33N7. The third-order valence-corrected chi connectivity index (χ3v) is 6.31. The van der Waals surface area contributed by atoms with Crippen LogP contribution in [0.25, 0.3) is 16.7 Å². The molecule has 0 radical (unpaired) electrons. The molecule has 4 rings (SSSR count). The highest BCUT2D eigenvalue weighted by Crippen LogP contribution is 2.33. The van der Waals surface area contributed by atoms with Crippen LogP contribution < -0.4 is 5.73 Å². The molecule has 160 valence electrons. The van der Waals surface area contributed by atoms with Crippen molar-refractivity contribution >= 4 is 28.8 Å². The van der Waals surface area contributed by atoms with E-state index in [4.69, 9.17) is 10.7 Å². The maximum atomic E-state index is 6.00. The zero-order valence-corrected chi connectivity index (χ0v) is 18.3. The van der Waals surface area contributed by atoms with Gasteiger partial charge in [0, 0.05) is 62.2 Å². The Hall–Kier alpha value is -2.67. The van der Waals surface area contributed by atoms with Gasteiger partial charge in [0.1, 0.15) is 17.5 Å². The molecule has 0 bridgehead atoms. The number of aliphatic imine (C=N–C) groups is 1. The summed E-state index contributed by atoms with van der Waals surface area (Å²) in [5.74, 6) is 2.02. The monoisotopic (exact) mass is 407 g/mol. The van der Waals surface area contributed by atoms with Gasteiger partial charge in [-0.05, 0) is 37.0 Å². The molecule has 2 aromatic heterocycles. The van der Waals surface area contributed by atoms with Gasteiger partial charge in [-0.1, -0.05) is 20.3 Å². The van der Waals surface area contributed by atoms with Crippen molar-refractivity contribution in [3.05, 3.63) is 36.2 Å². The number of pyridine rings is 1. The summed E-state index contributed by atoms with van der Waals surface area (Å²) >= 11 is 0. The van der Waals surface area contributed by atoms with Crippen molar-refractivity contribution in [3.63, 3.8) is 0 Å². The van der Waals surface area contributed by atoms with Crippen molar-refractivity contribution in [2.75, 3.05) is 26.7 Å². The molecule has 30 heavy (non-hydrogen) atoms. The zero-order chi connectivity index (χ0) is 21.1. The van der Waals surface area contributed by atoms with Crippen LogP contribution in [0, 0.1) is 11.8 Å². The first-order valence-electron chi connectivity index (χ1n) is 11.1. The Balaban J connectivity index is 1.67. The number of aromatic nitrogens is 2. The molecule has 0 saturated heterocycles. The Morgan fingerprint density at radius 2 is 2.20 bits per heavy atom. The van der Waals surface area contributed by atoms with E-state index in [1.807, 2.05) is 36.7 Å². The van der Waals surface area contributed by atoms with Crippen molar-refractivity contribution in [1.29, 1.82) is 0 Å². The fourth-order valence-electron chi connectivity index (χ4n) is 4.37. The second-order valence-electron chi connectivity index (χ2n) is 8.42. The minimum Gasteiger partial charge on any atom is -0.357 e. The fraction of sp³-hybridized carbons (Fsp3) is 0.522. The van der Waals surface area contributed by atoms with Crippen LogP contribution in [0.2, 0.25) is 0 Å². The molecule has 7 heteroatoms. The normalized spacial score (nSPS) is 21.5. The maximum Gasteiger partial charge on any atom is 0.137 e. The van der Waals surface area contributed by atoms with Gasteiger partial charge in [0.25, 0.3) is 0 Å². The number of rotatable bonds is 8. The third kappa shape index (κ3) is 3.99. The van der Waals surface area contributed by atoms with Gasteiger partial charge >= 0.3 is 0 Å². The summed E-state index contributed by atoms with van der Waals surface area (Å²) in [6, 6.07) is 4.19. The topological polar surface area (TPSA) is 85.9 Å². The summed E-state index contributed by atoms with van der Waals surface area (Å²) in [6.07, 6.45) is 11.7. The smallest absolute Gasteiger partial charge is 0.137 e.